The third kappa shape index (κ3) is 2.81. The van der Waals surface area contributed by atoms with Gasteiger partial charge in [-0.2, -0.15) is 5.26 Å². The minimum Gasteiger partial charge on any atom is -0.395 e. The lowest BCUT2D eigenvalue weighted by Crippen LogP contribution is -2.41. The van der Waals surface area contributed by atoms with E-state index in [2.05, 4.69) is 11.4 Å². The Balaban J connectivity index is 3.72. The van der Waals surface area contributed by atoms with E-state index < -0.39 is 5.54 Å². The summed E-state index contributed by atoms with van der Waals surface area (Å²) in [6.45, 7) is 4.32. The molecule has 3 nitrogen and oxygen atoms in total. The first-order valence-electron chi connectivity index (χ1n) is 3.45. The summed E-state index contributed by atoms with van der Waals surface area (Å²) in [5, 5.41) is 20.0. The minimum atomic E-state index is -0.470. The first kappa shape index (κ1) is 9.41. The number of β-amino-alcohol motifs (C(OH)–C–C–N with tert-alkyl or cyclic N) is 1. The van der Waals surface area contributed by atoms with Crippen LogP contribution < -0.4 is 5.32 Å². The van der Waals surface area contributed by atoms with Crippen molar-refractivity contribution in [1.29, 1.82) is 5.26 Å². The summed E-state index contributed by atoms with van der Waals surface area (Å²) in [6, 6.07) is 2.14. The highest BCUT2D eigenvalue weighted by Crippen LogP contribution is 2.05. The molecule has 3 heteroatoms. The maximum Gasteiger partial charge on any atom is 0.103 e. The predicted octanol–water partition coefficient (Wildman–Crippen LogP) is 0.261. The molecular weight excluding hydrogens is 128 g/mol. The topological polar surface area (TPSA) is 56.0 Å². The van der Waals surface area contributed by atoms with Crippen molar-refractivity contribution in [1.82, 2.24) is 5.32 Å². The average molecular weight is 142 g/mol. The van der Waals surface area contributed by atoms with E-state index in [0.717, 1.165) is 6.42 Å². The SMILES string of the molecule is CCC(C)(C#N)NCCO. The summed E-state index contributed by atoms with van der Waals surface area (Å²) in [7, 11) is 0. The smallest absolute Gasteiger partial charge is 0.103 e. The Morgan fingerprint density at radius 3 is 2.60 bits per heavy atom. The molecule has 0 aliphatic carbocycles. The Morgan fingerprint density at radius 2 is 2.30 bits per heavy atom. The summed E-state index contributed by atoms with van der Waals surface area (Å²) in [4.78, 5) is 0. The second-order valence-corrected chi connectivity index (χ2v) is 2.45. The molecule has 0 fully saturated rings. The van der Waals surface area contributed by atoms with E-state index in [9.17, 15) is 0 Å². The van der Waals surface area contributed by atoms with Crippen molar-refractivity contribution in [2.24, 2.45) is 0 Å². The summed E-state index contributed by atoms with van der Waals surface area (Å²) in [6.07, 6.45) is 0.753. The van der Waals surface area contributed by atoms with Gasteiger partial charge in [-0.3, -0.25) is 5.32 Å². The predicted molar refractivity (Wildman–Crippen MR) is 39.4 cm³/mol. The summed E-state index contributed by atoms with van der Waals surface area (Å²) >= 11 is 0. The third-order valence-electron chi connectivity index (χ3n) is 1.58. The van der Waals surface area contributed by atoms with Gasteiger partial charge >= 0.3 is 0 Å². The first-order chi connectivity index (χ1) is 4.68. The van der Waals surface area contributed by atoms with E-state index >= 15 is 0 Å². The number of nitrogens with zero attached hydrogens (tertiary/aromatic N) is 1. The van der Waals surface area contributed by atoms with Crippen LogP contribution in [0.25, 0.3) is 0 Å². The molecule has 0 saturated heterocycles. The van der Waals surface area contributed by atoms with Crippen LogP contribution in [0.4, 0.5) is 0 Å². The molecule has 0 aliphatic rings. The van der Waals surface area contributed by atoms with Crippen molar-refractivity contribution in [2.45, 2.75) is 25.8 Å². The van der Waals surface area contributed by atoms with Gasteiger partial charge in [-0.15, -0.1) is 0 Å². The van der Waals surface area contributed by atoms with Crippen molar-refractivity contribution in [3.8, 4) is 6.07 Å². The van der Waals surface area contributed by atoms with E-state index in [1.54, 1.807) is 0 Å². The van der Waals surface area contributed by atoms with Gasteiger partial charge in [0.2, 0.25) is 0 Å². The molecule has 0 aromatic heterocycles. The Bertz CT molecular complexity index is 130. The number of aliphatic hydroxyl groups excluding tert-OH is 1. The van der Waals surface area contributed by atoms with E-state index in [1.165, 1.54) is 0 Å². The molecule has 0 spiro atoms. The number of hydrogen-bond donors (Lipinski definition) is 2. The van der Waals surface area contributed by atoms with Crippen LogP contribution in [0.5, 0.6) is 0 Å². The number of rotatable bonds is 4. The molecule has 0 saturated carbocycles. The van der Waals surface area contributed by atoms with Crippen molar-refractivity contribution in [2.75, 3.05) is 13.2 Å². The molecule has 0 bridgehead atoms. The largest absolute Gasteiger partial charge is 0.395 e. The van der Waals surface area contributed by atoms with Gasteiger partial charge in [0.1, 0.15) is 5.54 Å². The van der Waals surface area contributed by atoms with Crippen LogP contribution in [0, 0.1) is 11.3 Å². The molecule has 1 atom stereocenters. The maximum atomic E-state index is 8.62. The van der Waals surface area contributed by atoms with Crippen LogP contribution in [0.3, 0.4) is 0 Å². The normalized spacial score (nSPS) is 15.8. The van der Waals surface area contributed by atoms with Crippen molar-refractivity contribution < 1.29 is 5.11 Å². The molecule has 0 radical (unpaired) electrons. The number of aliphatic hydroxyl groups is 1. The van der Waals surface area contributed by atoms with E-state index in [0.29, 0.717) is 6.54 Å². The van der Waals surface area contributed by atoms with Crippen LogP contribution in [-0.4, -0.2) is 23.8 Å². The van der Waals surface area contributed by atoms with Crippen LogP contribution in [0.2, 0.25) is 0 Å². The highest BCUT2D eigenvalue weighted by atomic mass is 16.3. The third-order valence-corrected chi connectivity index (χ3v) is 1.58. The number of hydrogen-bond acceptors (Lipinski definition) is 3. The fraction of sp³-hybridized carbons (Fsp3) is 0.857. The molecule has 0 heterocycles. The Morgan fingerprint density at radius 1 is 1.70 bits per heavy atom. The summed E-state index contributed by atoms with van der Waals surface area (Å²) < 4.78 is 0. The summed E-state index contributed by atoms with van der Waals surface area (Å²) in [5.41, 5.74) is -0.470. The minimum absolute atomic E-state index is 0.0806. The Labute approximate surface area is 61.7 Å². The quantitative estimate of drug-likeness (QED) is 0.592. The Hall–Kier alpha value is -0.590. The number of nitrogens with one attached hydrogen (secondary N) is 1. The second-order valence-electron chi connectivity index (χ2n) is 2.45. The lowest BCUT2D eigenvalue weighted by atomic mass is 10.0. The molecule has 0 amide bonds. The molecule has 0 aromatic carbocycles. The summed E-state index contributed by atoms with van der Waals surface area (Å²) in [5.74, 6) is 0. The van der Waals surface area contributed by atoms with Crippen molar-refractivity contribution >= 4 is 0 Å². The zero-order valence-corrected chi connectivity index (χ0v) is 6.52. The molecular formula is C7H14N2O. The zero-order valence-electron chi connectivity index (χ0n) is 6.52. The van der Waals surface area contributed by atoms with Crippen LogP contribution in [-0.2, 0) is 0 Å². The van der Waals surface area contributed by atoms with E-state index in [1.807, 2.05) is 13.8 Å². The standard InChI is InChI=1S/C7H14N2O/c1-3-7(2,6-8)9-4-5-10/h9-10H,3-5H2,1-2H3. The van der Waals surface area contributed by atoms with Gasteiger partial charge in [0, 0.05) is 6.54 Å². The Kier molecular flexibility index (Phi) is 4.01. The number of nitriles is 1. The van der Waals surface area contributed by atoms with Crippen LogP contribution in [0.1, 0.15) is 20.3 Å². The van der Waals surface area contributed by atoms with E-state index in [4.69, 9.17) is 10.4 Å². The lowest BCUT2D eigenvalue weighted by molar-refractivity contribution is 0.274. The highest BCUT2D eigenvalue weighted by Gasteiger charge is 2.18. The molecule has 0 aliphatic heterocycles. The van der Waals surface area contributed by atoms with Gasteiger partial charge in [-0.05, 0) is 13.3 Å². The van der Waals surface area contributed by atoms with Gasteiger partial charge in [0.25, 0.3) is 0 Å². The second kappa shape index (κ2) is 4.26. The molecule has 2 N–H and O–H groups in total. The maximum absolute atomic E-state index is 8.62. The van der Waals surface area contributed by atoms with Gasteiger partial charge in [-0.1, -0.05) is 6.92 Å². The fourth-order valence-electron chi connectivity index (χ4n) is 0.575. The van der Waals surface area contributed by atoms with Gasteiger partial charge in [0.05, 0.1) is 12.7 Å². The van der Waals surface area contributed by atoms with Crippen molar-refractivity contribution in [3.05, 3.63) is 0 Å². The molecule has 1 unspecified atom stereocenters. The lowest BCUT2D eigenvalue weighted by Gasteiger charge is -2.20. The molecule has 58 valence electrons. The molecule has 10 heavy (non-hydrogen) atoms. The first-order valence-corrected chi connectivity index (χ1v) is 3.45. The molecule has 0 aromatic rings. The van der Waals surface area contributed by atoms with Crippen LogP contribution >= 0.6 is 0 Å². The average Bonchev–Trinajstić information content (AvgIpc) is 2.00. The van der Waals surface area contributed by atoms with Crippen molar-refractivity contribution in [3.63, 3.8) is 0 Å². The highest BCUT2D eigenvalue weighted by molar-refractivity contribution is 5.02. The van der Waals surface area contributed by atoms with E-state index in [-0.39, 0.29) is 6.61 Å². The van der Waals surface area contributed by atoms with Gasteiger partial charge < -0.3 is 5.11 Å². The fourth-order valence-corrected chi connectivity index (χ4v) is 0.575. The monoisotopic (exact) mass is 142 g/mol. The zero-order chi connectivity index (χ0) is 8.04. The van der Waals surface area contributed by atoms with Gasteiger partial charge in [0.15, 0.2) is 0 Å². The van der Waals surface area contributed by atoms with Crippen LogP contribution in [0.15, 0.2) is 0 Å². The van der Waals surface area contributed by atoms with Gasteiger partial charge in [-0.25, -0.2) is 0 Å². The molecule has 0 rings (SSSR count).